The standard InChI is InChI=1S/C15H22F2N2O/c1-9(10-6-7-11(16)12(17)8-10)19-13(20)14(2,3)15(4,5)18/h6-9H,18H2,1-5H3,(H,19,20). The van der Waals surface area contributed by atoms with Crippen LogP contribution in [0.2, 0.25) is 0 Å². The molecule has 1 amide bonds. The van der Waals surface area contributed by atoms with Gasteiger partial charge in [-0.15, -0.1) is 0 Å². The molecule has 5 heteroatoms. The zero-order chi connectivity index (χ0) is 15.7. The molecule has 1 atom stereocenters. The van der Waals surface area contributed by atoms with E-state index in [0.717, 1.165) is 12.1 Å². The number of hydrogen-bond donors (Lipinski definition) is 2. The minimum absolute atomic E-state index is 0.234. The van der Waals surface area contributed by atoms with Crippen molar-refractivity contribution < 1.29 is 13.6 Å². The topological polar surface area (TPSA) is 55.1 Å². The molecule has 1 rings (SSSR count). The number of hydrogen-bond acceptors (Lipinski definition) is 2. The smallest absolute Gasteiger partial charge is 0.227 e. The summed E-state index contributed by atoms with van der Waals surface area (Å²) in [5.74, 6) is -2.07. The van der Waals surface area contributed by atoms with Gasteiger partial charge in [-0.05, 0) is 52.3 Å². The summed E-state index contributed by atoms with van der Waals surface area (Å²) < 4.78 is 26.1. The summed E-state index contributed by atoms with van der Waals surface area (Å²) in [6.07, 6.45) is 0. The Morgan fingerprint density at radius 2 is 1.75 bits per heavy atom. The Morgan fingerprint density at radius 3 is 2.20 bits per heavy atom. The van der Waals surface area contributed by atoms with Crippen LogP contribution in [-0.4, -0.2) is 11.4 Å². The largest absolute Gasteiger partial charge is 0.349 e. The number of carbonyl (C=O) groups excluding carboxylic acids is 1. The van der Waals surface area contributed by atoms with Gasteiger partial charge in [0.05, 0.1) is 11.5 Å². The predicted molar refractivity (Wildman–Crippen MR) is 75.0 cm³/mol. The zero-order valence-electron chi connectivity index (χ0n) is 12.6. The molecule has 0 spiro atoms. The van der Waals surface area contributed by atoms with Crippen molar-refractivity contribution in [2.75, 3.05) is 0 Å². The van der Waals surface area contributed by atoms with Crippen LogP contribution in [0.15, 0.2) is 18.2 Å². The van der Waals surface area contributed by atoms with E-state index in [0.29, 0.717) is 5.56 Å². The Labute approximate surface area is 118 Å². The fourth-order valence-corrected chi connectivity index (χ4v) is 1.53. The highest BCUT2D eigenvalue weighted by Gasteiger charge is 2.40. The van der Waals surface area contributed by atoms with Crippen LogP contribution in [0.1, 0.15) is 46.2 Å². The van der Waals surface area contributed by atoms with Gasteiger partial charge in [0.15, 0.2) is 11.6 Å². The lowest BCUT2D eigenvalue weighted by molar-refractivity contribution is -0.132. The Morgan fingerprint density at radius 1 is 1.20 bits per heavy atom. The van der Waals surface area contributed by atoms with E-state index in [1.807, 2.05) is 0 Å². The number of halogens is 2. The van der Waals surface area contributed by atoms with Crippen molar-refractivity contribution in [1.29, 1.82) is 0 Å². The van der Waals surface area contributed by atoms with Gasteiger partial charge in [0.2, 0.25) is 5.91 Å². The first kappa shape index (κ1) is 16.6. The average molecular weight is 284 g/mol. The molecule has 0 aliphatic heterocycles. The van der Waals surface area contributed by atoms with Crippen LogP contribution in [0.5, 0.6) is 0 Å². The predicted octanol–water partition coefficient (Wildman–Crippen LogP) is 2.91. The molecule has 0 aromatic heterocycles. The SMILES string of the molecule is CC(NC(=O)C(C)(C)C(C)(C)N)c1ccc(F)c(F)c1. The van der Waals surface area contributed by atoms with Gasteiger partial charge in [-0.25, -0.2) is 8.78 Å². The lowest BCUT2D eigenvalue weighted by Gasteiger charge is -2.37. The van der Waals surface area contributed by atoms with Crippen LogP contribution < -0.4 is 11.1 Å². The van der Waals surface area contributed by atoms with E-state index in [2.05, 4.69) is 5.32 Å². The first-order valence-electron chi connectivity index (χ1n) is 6.51. The van der Waals surface area contributed by atoms with E-state index in [1.165, 1.54) is 6.07 Å². The molecule has 0 heterocycles. The highest BCUT2D eigenvalue weighted by atomic mass is 19.2. The molecule has 0 aliphatic rings. The second-order valence-corrected chi connectivity index (χ2v) is 6.22. The third kappa shape index (κ3) is 3.33. The quantitative estimate of drug-likeness (QED) is 0.893. The van der Waals surface area contributed by atoms with E-state index in [-0.39, 0.29) is 5.91 Å². The van der Waals surface area contributed by atoms with Gasteiger partial charge in [0.1, 0.15) is 0 Å². The van der Waals surface area contributed by atoms with Crippen LogP contribution in [0.25, 0.3) is 0 Å². The second-order valence-electron chi connectivity index (χ2n) is 6.22. The normalized spacial score (nSPS) is 14.0. The summed E-state index contributed by atoms with van der Waals surface area (Å²) >= 11 is 0. The van der Waals surface area contributed by atoms with Crippen LogP contribution in [-0.2, 0) is 4.79 Å². The summed E-state index contributed by atoms with van der Waals surface area (Å²) in [5.41, 5.74) is 5.01. The maximum atomic E-state index is 13.2. The monoisotopic (exact) mass is 284 g/mol. The molecule has 1 aromatic carbocycles. The van der Waals surface area contributed by atoms with E-state index in [4.69, 9.17) is 5.73 Å². The summed E-state index contributed by atoms with van der Waals surface area (Å²) in [6, 6.07) is 3.15. The van der Waals surface area contributed by atoms with Crippen molar-refractivity contribution in [3.05, 3.63) is 35.4 Å². The summed E-state index contributed by atoms with van der Waals surface area (Å²) in [7, 11) is 0. The first-order valence-corrected chi connectivity index (χ1v) is 6.51. The van der Waals surface area contributed by atoms with E-state index in [9.17, 15) is 13.6 Å². The molecule has 0 saturated carbocycles. The maximum absolute atomic E-state index is 13.2. The van der Waals surface area contributed by atoms with Gasteiger partial charge in [-0.2, -0.15) is 0 Å². The molecule has 0 saturated heterocycles. The molecule has 0 radical (unpaired) electrons. The van der Waals surface area contributed by atoms with Crippen LogP contribution in [0.4, 0.5) is 8.78 Å². The number of carbonyl (C=O) groups is 1. The Kier molecular flexibility index (Phi) is 4.54. The summed E-state index contributed by atoms with van der Waals surface area (Å²) in [5, 5.41) is 2.78. The highest BCUT2D eigenvalue weighted by Crippen LogP contribution is 2.29. The number of rotatable bonds is 4. The molecule has 0 bridgehead atoms. The minimum atomic E-state index is -0.929. The summed E-state index contributed by atoms with van der Waals surface area (Å²) in [4.78, 5) is 12.3. The lowest BCUT2D eigenvalue weighted by atomic mass is 9.74. The Balaban J connectivity index is 2.88. The number of benzene rings is 1. The van der Waals surface area contributed by atoms with E-state index in [1.54, 1.807) is 34.6 Å². The van der Waals surface area contributed by atoms with Gasteiger partial charge < -0.3 is 11.1 Å². The van der Waals surface area contributed by atoms with Gasteiger partial charge in [-0.1, -0.05) is 6.07 Å². The van der Waals surface area contributed by atoms with Crippen LogP contribution in [0, 0.1) is 17.0 Å². The van der Waals surface area contributed by atoms with Crippen LogP contribution >= 0.6 is 0 Å². The van der Waals surface area contributed by atoms with Crippen molar-refractivity contribution in [1.82, 2.24) is 5.32 Å². The van der Waals surface area contributed by atoms with Crippen molar-refractivity contribution in [3.63, 3.8) is 0 Å². The van der Waals surface area contributed by atoms with Crippen LogP contribution in [0.3, 0.4) is 0 Å². The van der Waals surface area contributed by atoms with Crippen molar-refractivity contribution in [3.8, 4) is 0 Å². The van der Waals surface area contributed by atoms with Crippen molar-refractivity contribution >= 4 is 5.91 Å². The van der Waals surface area contributed by atoms with Gasteiger partial charge >= 0.3 is 0 Å². The van der Waals surface area contributed by atoms with Crippen molar-refractivity contribution in [2.24, 2.45) is 11.1 Å². The number of amides is 1. The average Bonchev–Trinajstić information content (AvgIpc) is 2.30. The highest BCUT2D eigenvalue weighted by molar-refractivity contribution is 5.83. The molecule has 0 aliphatic carbocycles. The fourth-order valence-electron chi connectivity index (χ4n) is 1.53. The van der Waals surface area contributed by atoms with E-state index >= 15 is 0 Å². The molecule has 0 fully saturated rings. The van der Waals surface area contributed by atoms with Crippen molar-refractivity contribution in [2.45, 2.75) is 46.2 Å². The fraction of sp³-hybridized carbons (Fsp3) is 0.533. The van der Waals surface area contributed by atoms with Gasteiger partial charge in [-0.3, -0.25) is 4.79 Å². The third-order valence-electron chi connectivity index (χ3n) is 3.97. The minimum Gasteiger partial charge on any atom is -0.349 e. The van der Waals surface area contributed by atoms with E-state index < -0.39 is 28.6 Å². The molecule has 3 nitrogen and oxygen atoms in total. The Hall–Kier alpha value is -1.49. The molecule has 1 aromatic rings. The number of nitrogens with one attached hydrogen (secondary N) is 1. The zero-order valence-corrected chi connectivity index (χ0v) is 12.6. The lowest BCUT2D eigenvalue weighted by Crippen LogP contribution is -2.55. The summed E-state index contributed by atoms with van der Waals surface area (Å²) in [6.45, 7) is 8.76. The number of nitrogens with two attached hydrogens (primary N) is 1. The Bertz CT molecular complexity index is 507. The molecule has 1 unspecified atom stereocenters. The molecular weight excluding hydrogens is 262 g/mol. The molecule has 112 valence electrons. The second kappa shape index (κ2) is 5.48. The molecular formula is C15H22F2N2O. The maximum Gasteiger partial charge on any atom is 0.227 e. The van der Waals surface area contributed by atoms with Gasteiger partial charge in [0, 0.05) is 5.54 Å². The van der Waals surface area contributed by atoms with Gasteiger partial charge in [0.25, 0.3) is 0 Å². The molecule has 3 N–H and O–H groups in total. The molecule has 20 heavy (non-hydrogen) atoms. The third-order valence-corrected chi connectivity index (χ3v) is 3.97. The first-order chi connectivity index (χ1) is 8.96.